The number of rotatable bonds is 7. The molecule has 0 aliphatic rings. The van der Waals surface area contributed by atoms with Crippen molar-refractivity contribution in [3.05, 3.63) is 35.6 Å². The lowest BCUT2D eigenvalue weighted by Gasteiger charge is -2.16. The molecule has 0 unspecified atom stereocenters. The zero-order valence-corrected chi connectivity index (χ0v) is 9.53. The molecule has 0 bridgehead atoms. The Hall–Kier alpha value is -0.970. The minimum absolute atomic E-state index is 0.0387. The van der Waals surface area contributed by atoms with Crippen LogP contribution in [0.15, 0.2) is 24.3 Å². The molecule has 90 valence electrons. The highest BCUT2D eigenvalue weighted by atomic mass is 19.1. The van der Waals surface area contributed by atoms with Crippen LogP contribution in [0, 0.1) is 5.82 Å². The van der Waals surface area contributed by atoms with Gasteiger partial charge in [0.25, 0.3) is 0 Å². The Morgan fingerprint density at radius 2 is 2.06 bits per heavy atom. The van der Waals surface area contributed by atoms with Crippen LogP contribution in [0.1, 0.15) is 5.56 Å². The fourth-order valence-electron chi connectivity index (χ4n) is 1.38. The average Bonchev–Trinajstić information content (AvgIpc) is 2.28. The number of nitrogens with zero attached hydrogens (tertiary/aromatic N) is 1. The van der Waals surface area contributed by atoms with Crippen LogP contribution in [-0.2, 0) is 11.3 Å². The van der Waals surface area contributed by atoms with Crippen LogP contribution < -0.4 is 0 Å². The SMILES string of the molecule is CN(CCOCCO)Cc1ccccc1F. The first-order valence-corrected chi connectivity index (χ1v) is 5.34. The van der Waals surface area contributed by atoms with E-state index in [-0.39, 0.29) is 12.4 Å². The topological polar surface area (TPSA) is 32.7 Å². The molecule has 0 radical (unpaired) electrons. The maximum absolute atomic E-state index is 13.3. The van der Waals surface area contributed by atoms with Crippen molar-refractivity contribution < 1.29 is 14.2 Å². The highest BCUT2D eigenvalue weighted by molar-refractivity contribution is 5.16. The maximum atomic E-state index is 13.3. The fraction of sp³-hybridized carbons (Fsp3) is 0.500. The smallest absolute Gasteiger partial charge is 0.127 e. The predicted octanol–water partition coefficient (Wildman–Crippen LogP) is 1.27. The van der Waals surface area contributed by atoms with E-state index < -0.39 is 0 Å². The van der Waals surface area contributed by atoms with Gasteiger partial charge in [-0.25, -0.2) is 4.39 Å². The van der Waals surface area contributed by atoms with Crippen molar-refractivity contribution in [1.82, 2.24) is 4.90 Å². The lowest BCUT2D eigenvalue weighted by molar-refractivity contribution is 0.0771. The zero-order valence-electron chi connectivity index (χ0n) is 9.53. The van der Waals surface area contributed by atoms with E-state index in [2.05, 4.69) is 0 Å². The van der Waals surface area contributed by atoms with Crippen LogP contribution >= 0.6 is 0 Å². The number of aliphatic hydroxyl groups excluding tert-OH is 1. The number of benzene rings is 1. The second-order valence-electron chi connectivity index (χ2n) is 3.67. The van der Waals surface area contributed by atoms with Gasteiger partial charge in [0, 0.05) is 18.7 Å². The van der Waals surface area contributed by atoms with Crippen molar-refractivity contribution in [1.29, 1.82) is 0 Å². The molecule has 0 saturated carbocycles. The van der Waals surface area contributed by atoms with Gasteiger partial charge in [0.15, 0.2) is 0 Å². The highest BCUT2D eigenvalue weighted by Gasteiger charge is 2.04. The second-order valence-corrected chi connectivity index (χ2v) is 3.67. The summed E-state index contributed by atoms with van der Waals surface area (Å²) in [7, 11) is 1.91. The number of aliphatic hydroxyl groups is 1. The molecular formula is C12H18FNO2. The average molecular weight is 227 g/mol. The lowest BCUT2D eigenvalue weighted by atomic mass is 10.2. The van der Waals surface area contributed by atoms with E-state index >= 15 is 0 Å². The molecule has 3 nitrogen and oxygen atoms in total. The van der Waals surface area contributed by atoms with Gasteiger partial charge in [0.2, 0.25) is 0 Å². The van der Waals surface area contributed by atoms with Gasteiger partial charge in [-0.1, -0.05) is 18.2 Å². The predicted molar refractivity (Wildman–Crippen MR) is 60.6 cm³/mol. The molecule has 1 rings (SSSR count). The Morgan fingerprint density at radius 3 is 2.75 bits per heavy atom. The zero-order chi connectivity index (χ0) is 11.8. The largest absolute Gasteiger partial charge is 0.394 e. The van der Waals surface area contributed by atoms with E-state index in [1.165, 1.54) is 6.07 Å². The second kappa shape index (κ2) is 7.33. The summed E-state index contributed by atoms with van der Waals surface area (Å²) in [6.45, 7) is 2.22. The minimum Gasteiger partial charge on any atom is -0.394 e. The van der Waals surface area contributed by atoms with Gasteiger partial charge in [-0.3, -0.25) is 4.90 Å². The van der Waals surface area contributed by atoms with E-state index in [1.807, 2.05) is 18.0 Å². The van der Waals surface area contributed by atoms with Crippen molar-refractivity contribution in [2.24, 2.45) is 0 Å². The third kappa shape index (κ3) is 4.70. The van der Waals surface area contributed by atoms with Crippen LogP contribution in [0.2, 0.25) is 0 Å². The fourth-order valence-corrected chi connectivity index (χ4v) is 1.38. The Labute approximate surface area is 95.5 Å². The number of hydrogen-bond acceptors (Lipinski definition) is 3. The van der Waals surface area contributed by atoms with Gasteiger partial charge in [0.05, 0.1) is 19.8 Å². The van der Waals surface area contributed by atoms with Crippen LogP contribution in [-0.4, -0.2) is 43.4 Å². The first-order valence-electron chi connectivity index (χ1n) is 5.34. The molecule has 0 aliphatic heterocycles. The Bertz CT molecular complexity index is 307. The molecule has 0 saturated heterocycles. The van der Waals surface area contributed by atoms with Crippen molar-refractivity contribution >= 4 is 0 Å². The van der Waals surface area contributed by atoms with Crippen molar-refractivity contribution in [3.8, 4) is 0 Å². The molecule has 0 fully saturated rings. The summed E-state index contributed by atoms with van der Waals surface area (Å²) < 4.78 is 18.4. The Morgan fingerprint density at radius 1 is 1.31 bits per heavy atom. The monoisotopic (exact) mass is 227 g/mol. The summed E-state index contributed by atoms with van der Waals surface area (Å²) in [4.78, 5) is 1.98. The number of hydrogen-bond donors (Lipinski definition) is 1. The third-order valence-electron chi connectivity index (χ3n) is 2.25. The van der Waals surface area contributed by atoms with Crippen LogP contribution in [0.25, 0.3) is 0 Å². The van der Waals surface area contributed by atoms with Gasteiger partial charge in [-0.15, -0.1) is 0 Å². The molecule has 1 N–H and O–H groups in total. The normalized spacial score (nSPS) is 11.0. The molecular weight excluding hydrogens is 209 g/mol. The maximum Gasteiger partial charge on any atom is 0.127 e. The summed E-state index contributed by atoms with van der Waals surface area (Å²) in [6, 6.07) is 6.75. The van der Waals surface area contributed by atoms with Gasteiger partial charge in [-0.2, -0.15) is 0 Å². The minimum atomic E-state index is -0.175. The van der Waals surface area contributed by atoms with Crippen LogP contribution in [0.5, 0.6) is 0 Å². The van der Waals surface area contributed by atoms with Gasteiger partial charge < -0.3 is 9.84 Å². The molecule has 1 aromatic carbocycles. The van der Waals surface area contributed by atoms with E-state index in [0.717, 1.165) is 0 Å². The standard InChI is InChI=1S/C12H18FNO2/c1-14(6-8-16-9-7-15)10-11-4-2-3-5-12(11)13/h2-5,15H,6-10H2,1H3. The van der Waals surface area contributed by atoms with Crippen molar-refractivity contribution in [2.75, 3.05) is 33.4 Å². The van der Waals surface area contributed by atoms with Crippen molar-refractivity contribution in [2.45, 2.75) is 6.54 Å². The summed E-state index contributed by atoms with van der Waals surface area (Å²) in [6.07, 6.45) is 0. The molecule has 0 heterocycles. The number of likely N-dealkylation sites (N-methyl/N-ethyl adjacent to an activating group) is 1. The molecule has 0 atom stereocenters. The summed E-state index contributed by atoms with van der Waals surface area (Å²) >= 11 is 0. The molecule has 0 aliphatic carbocycles. The van der Waals surface area contributed by atoms with Crippen LogP contribution in [0.3, 0.4) is 0 Å². The Kier molecular flexibility index (Phi) is 6.00. The summed E-state index contributed by atoms with van der Waals surface area (Å²) in [5, 5.41) is 8.51. The van der Waals surface area contributed by atoms with E-state index in [0.29, 0.717) is 31.9 Å². The molecule has 16 heavy (non-hydrogen) atoms. The van der Waals surface area contributed by atoms with E-state index in [1.54, 1.807) is 12.1 Å². The highest BCUT2D eigenvalue weighted by Crippen LogP contribution is 2.08. The van der Waals surface area contributed by atoms with E-state index in [4.69, 9.17) is 9.84 Å². The molecule has 0 spiro atoms. The first-order chi connectivity index (χ1) is 7.74. The summed E-state index contributed by atoms with van der Waals surface area (Å²) in [5.41, 5.74) is 0.687. The number of halogens is 1. The number of ether oxygens (including phenoxy) is 1. The Balaban J connectivity index is 2.28. The first kappa shape index (κ1) is 13.1. The quantitative estimate of drug-likeness (QED) is 0.712. The lowest BCUT2D eigenvalue weighted by Crippen LogP contribution is -2.23. The van der Waals surface area contributed by atoms with Gasteiger partial charge in [-0.05, 0) is 13.1 Å². The van der Waals surface area contributed by atoms with Gasteiger partial charge in [0.1, 0.15) is 5.82 Å². The van der Waals surface area contributed by atoms with E-state index in [9.17, 15) is 4.39 Å². The van der Waals surface area contributed by atoms with Gasteiger partial charge >= 0.3 is 0 Å². The molecule has 0 aromatic heterocycles. The third-order valence-corrected chi connectivity index (χ3v) is 2.25. The molecule has 4 heteroatoms. The van der Waals surface area contributed by atoms with Crippen LogP contribution in [0.4, 0.5) is 4.39 Å². The van der Waals surface area contributed by atoms with Crippen molar-refractivity contribution in [3.63, 3.8) is 0 Å². The molecule has 1 aromatic rings. The molecule has 0 amide bonds. The summed E-state index contributed by atoms with van der Waals surface area (Å²) in [5.74, 6) is -0.175.